The molecule has 5 heteroatoms. The van der Waals surface area contributed by atoms with Crippen LogP contribution < -0.4 is 10.1 Å². The zero-order valence-corrected chi connectivity index (χ0v) is 18.9. The summed E-state index contributed by atoms with van der Waals surface area (Å²) in [5.74, 6) is 1.12. The average molecular weight is 423 g/mol. The van der Waals surface area contributed by atoms with Crippen molar-refractivity contribution in [1.29, 1.82) is 0 Å². The molecule has 0 bridgehead atoms. The summed E-state index contributed by atoms with van der Waals surface area (Å²) < 4.78 is 5.74. The molecule has 2 amide bonds. The van der Waals surface area contributed by atoms with Crippen LogP contribution in [0.3, 0.4) is 0 Å². The minimum absolute atomic E-state index is 0.0520. The maximum absolute atomic E-state index is 13.0. The molecule has 166 valence electrons. The smallest absolute Gasteiger partial charge is 0.243 e. The van der Waals surface area contributed by atoms with Gasteiger partial charge in [-0.3, -0.25) is 9.59 Å². The lowest BCUT2D eigenvalue weighted by molar-refractivity contribution is -0.142. The Morgan fingerprint density at radius 1 is 1.06 bits per heavy atom. The van der Waals surface area contributed by atoms with Crippen molar-refractivity contribution in [2.75, 3.05) is 13.2 Å². The Labute approximate surface area is 185 Å². The zero-order chi connectivity index (χ0) is 22.2. The highest BCUT2D eigenvalue weighted by molar-refractivity contribution is 5.88. The van der Waals surface area contributed by atoms with E-state index in [9.17, 15) is 9.59 Å². The van der Waals surface area contributed by atoms with Gasteiger partial charge in [-0.05, 0) is 48.9 Å². The second kappa shape index (κ2) is 11.0. The molecule has 0 aromatic heterocycles. The number of aryl methyl sites for hydroxylation is 1. The van der Waals surface area contributed by atoms with Crippen molar-refractivity contribution in [2.24, 2.45) is 5.92 Å². The van der Waals surface area contributed by atoms with E-state index in [0.29, 0.717) is 32.5 Å². The number of carbonyl (C=O) groups is 2. The van der Waals surface area contributed by atoms with E-state index >= 15 is 0 Å². The molecular weight excluding hydrogens is 388 g/mol. The third kappa shape index (κ3) is 6.58. The first-order valence-electron chi connectivity index (χ1n) is 11.3. The van der Waals surface area contributed by atoms with Crippen LogP contribution in [-0.4, -0.2) is 35.9 Å². The van der Waals surface area contributed by atoms with Crippen LogP contribution in [0.4, 0.5) is 0 Å². The van der Waals surface area contributed by atoms with Crippen LogP contribution in [0.2, 0.25) is 0 Å². The summed E-state index contributed by atoms with van der Waals surface area (Å²) in [5.41, 5.74) is 3.50. The van der Waals surface area contributed by atoms with Gasteiger partial charge in [0.1, 0.15) is 11.8 Å². The first kappa shape index (κ1) is 22.9. The standard InChI is InChI=1S/C26H34N2O3/c1-19(2)16-25(29)28-18-22-9-5-4-8-21(22)17-24(28)26(30)27-14-6-7-15-31-23-12-10-20(3)11-13-23/h4-5,8-13,19,24H,6-7,14-18H2,1-3H3,(H,27,30). The minimum Gasteiger partial charge on any atom is -0.494 e. The number of ether oxygens (including phenoxy) is 1. The highest BCUT2D eigenvalue weighted by atomic mass is 16.5. The van der Waals surface area contributed by atoms with Gasteiger partial charge in [-0.2, -0.15) is 0 Å². The van der Waals surface area contributed by atoms with Gasteiger partial charge in [0.05, 0.1) is 6.61 Å². The minimum atomic E-state index is -0.440. The fraction of sp³-hybridized carbons (Fsp3) is 0.462. The summed E-state index contributed by atoms with van der Waals surface area (Å²) in [6, 6.07) is 15.7. The van der Waals surface area contributed by atoms with Gasteiger partial charge >= 0.3 is 0 Å². The molecule has 0 spiro atoms. The zero-order valence-electron chi connectivity index (χ0n) is 18.9. The maximum Gasteiger partial charge on any atom is 0.243 e. The summed E-state index contributed by atoms with van der Waals surface area (Å²) in [5, 5.41) is 3.04. The van der Waals surface area contributed by atoms with E-state index in [2.05, 4.69) is 18.3 Å². The third-order valence-electron chi connectivity index (χ3n) is 5.61. The van der Waals surface area contributed by atoms with Gasteiger partial charge in [-0.25, -0.2) is 0 Å². The van der Waals surface area contributed by atoms with Crippen LogP contribution in [0.25, 0.3) is 0 Å². The number of rotatable bonds is 9. The summed E-state index contributed by atoms with van der Waals surface area (Å²) in [6.45, 7) is 7.82. The molecule has 0 fully saturated rings. The van der Waals surface area contributed by atoms with Crippen LogP contribution >= 0.6 is 0 Å². The molecule has 1 N–H and O–H groups in total. The number of nitrogens with one attached hydrogen (secondary N) is 1. The highest BCUT2D eigenvalue weighted by Crippen LogP contribution is 2.25. The first-order valence-corrected chi connectivity index (χ1v) is 11.3. The maximum atomic E-state index is 13.0. The van der Waals surface area contributed by atoms with E-state index in [1.54, 1.807) is 4.90 Å². The molecule has 1 aliphatic rings. The number of nitrogens with zero attached hydrogens (tertiary/aromatic N) is 1. The number of benzene rings is 2. The Kier molecular flexibility index (Phi) is 8.10. The predicted molar refractivity (Wildman–Crippen MR) is 123 cm³/mol. The van der Waals surface area contributed by atoms with E-state index in [0.717, 1.165) is 29.7 Å². The van der Waals surface area contributed by atoms with Gasteiger partial charge in [0.15, 0.2) is 0 Å². The second-order valence-electron chi connectivity index (χ2n) is 8.77. The van der Waals surface area contributed by atoms with Crippen LogP contribution in [-0.2, 0) is 22.6 Å². The van der Waals surface area contributed by atoms with Gasteiger partial charge in [0, 0.05) is 25.9 Å². The van der Waals surface area contributed by atoms with Gasteiger partial charge in [0.25, 0.3) is 0 Å². The summed E-state index contributed by atoms with van der Waals surface area (Å²) in [6.07, 6.45) is 2.73. The second-order valence-corrected chi connectivity index (χ2v) is 8.77. The molecule has 0 saturated heterocycles. The van der Waals surface area contributed by atoms with Crippen molar-refractivity contribution >= 4 is 11.8 Å². The molecule has 5 nitrogen and oxygen atoms in total. The van der Waals surface area contributed by atoms with Crippen molar-refractivity contribution in [3.8, 4) is 5.75 Å². The van der Waals surface area contributed by atoms with Crippen molar-refractivity contribution in [3.05, 3.63) is 65.2 Å². The van der Waals surface area contributed by atoms with E-state index in [1.807, 2.05) is 56.3 Å². The molecule has 1 unspecified atom stereocenters. The molecule has 1 atom stereocenters. The van der Waals surface area contributed by atoms with Crippen LogP contribution in [0.5, 0.6) is 5.75 Å². The molecule has 0 saturated carbocycles. The quantitative estimate of drug-likeness (QED) is 0.614. The number of unbranched alkanes of at least 4 members (excludes halogenated alkanes) is 1. The predicted octanol–water partition coefficient (Wildman–Crippen LogP) is 4.27. The van der Waals surface area contributed by atoms with E-state index < -0.39 is 6.04 Å². The Morgan fingerprint density at radius 3 is 2.48 bits per heavy atom. The number of hydrogen-bond donors (Lipinski definition) is 1. The van der Waals surface area contributed by atoms with E-state index in [1.165, 1.54) is 5.56 Å². The van der Waals surface area contributed by atoms with Crippen molar-refractivity contribution < 1.29 is 14.3 Å². The normalized spacial score (nSPS) is 15.5. The molecule has 3 rings (SSSR count). The number of hydrogen-bond acceptors (Lipinski definition) is 3. The third-order valence-corrected chi connectivity index (χ3v) is 5.61. The van der Waals surface area contributed by atoms with Crippen molar-refractivity contribution in [2.45, 2.75) is 59.0 Å². The van der Waals surface area contributed by atoms with Crippen LogP contribution in [0.1, 0.15) is 49.8 Å². The fourth-order valence-electron chi connectivity index (χ4n) is 3.87. The number of fused-ring (bicyclic) bond motifs is 1. The largest absolute Gasteiger partial charge is 0.494 e. The lowest BCUT2D eigenvalue weighted by Crippen LogP contribution is -2.52. The molecule has 1 heterocycles. The summed E-state index contributed by atoms with van der Waals surface area (Å²) in [7, 11) is 0. The SMILES string of the molecule is Cc1ccc(OCCCCNC(=O)C2Cc3ccccc3CN2C(=O)CC(C)C)cc1. The summed E-state index contributed by atoms with van der Waals surface area (Å²) in [4.78, 5) is 27.6. The van der Waals surface area contributed by atoms with Crippen molar-refractivity contribution in [1.82, 2.24) is 10.2 Å². The number of amides is 2. The van der Waals surface area contributed by atoms with Gasteiger partial charge in [-0.15, -0.1) is 0 Å². The summed E-state index contributed by atoms with van der Waals surface area (Å²) >= 11 is 0. The molecular formula is C26H34N2O3. The lowest BCUT2D eigenvalue weighted by atomic mass is 9.92. The Hall–Kier alpha value is -2.82. The van der Waals surface area contributed by atoms with Gasteiger partial charge in [-0.1, -0.05) is 55.8 Å². The topological polar surface area (TPSA) is 58.6 Å². The first-order chi connectivity index (χ1) is 14.9. The van der Waals surface area contributed by atoms with E-state index in [4.69, 9.17) is 4.74 Å². The highest BCUT2D eigenvalue weighted by Gasteiger charge is 2.34. The van der Waals surface area contributed by atoms with Crippen molar-refractivity contribution in [3.63, 3.8) is 0 Å². The molecule has 2 aromatic rings. The van der Waals surface area contributed by atoms with Gasteiger partial charge < -0.3 is 15.0 Å². The van der Waals surface area contributed by atoms with Gasteiger partial charge in [0.2, 0.25) is 11.8 Å². The molecule has 2 aromatic carbocycles. The number of carbonyl (C=O) groups excluding carboxylic acids is 2. The fourth-order valence-corrected chi connectivity index (χ4v) is 3.87. The Balaban J connectivity index is 1.49. The molecule has 0 radical (unpaired) electrons. The Morgan fingerprint density at radius 2 is 1.77 bits per heavy atom. The van der Waals surface area contributed by atoms with E-state index in [-0.39, 0.29) is 17.7 Å². The van der Waals surface area contributed by atoms with Crippen LogP contribution in [0.15, 0.2) is 48.5 Å². The lowest BCUT2D eigenvalue weighted by Gasteiger charge is -2.36. The molecule has 1 aliphatic heterocycles. The monoisotopic (exact) mass is 422 g/mol. The molecule has 31 heavy (non-hydrogen) atoms. The van der Waals surface area contributed by atoms with Crippen LogP contribution in [0, 0.1) is 12.8 Å². The average Bonchev–Trinajstić information content (AvgIpc) is 2.75. The molecule has 0 aliphatic carbocycles. The Bertz CT molecular complexity index is 876.